The predicted molar refractivity (Wildman–Crippen MR) is 45.3 cm³/mol. The molecule has 0 spiro atoms. The van der Waals surface area contributed by atoms with E-state index in [1.807, 2.05) is 19.1 Å². The highest BCUT2D eigenvalue weighted by atomic mass is 16.2. The van der Waals surface area contributed by atoms with Crippen molar-refractivity contribution in [2.75, 3.05) is 19.6 Å². The van der Waals surface area contributed by atoms with Gasteiger partial charge in [-0.2, -0.15) is 0 Å². The first-order valence-electron chi connectivity index (χ1n) is 3.62. The van der Waals surface area contributed by atoms with Crippen molar-refractivity contribution in [3.05, 3.63) is 12.2 Å². The largest absolute Gasteiger partial charge is 0.352 e. The lowest BCUT2D eigenvalue weighted by atomic mass is 10.5. The maximum absolute atomic E-state index is 10.2. The Kier molecular flexibility index (Phi) is 6.42. The number of urea groups is 1. The molecule has 11 heavy (non-hydrogen) atoms. The van der Waals surface area contributed by atoms with Crippen molar-refractivity contribution in [3.8, 4) is 0 Å². The van der Waals surface area contributed by atoms with E-state index >= 15 is 0 Å². The first-order valence-corrected chi connectivity index (χ1v) is 3.62. The van der Waals surface area contributed by atoms with Crippen molar-refractivity contribution in [1.82, 2.24) is 10.6 Å². The third-order valence-electron chi connectivity index (χ3n) is 1.10. The van der Waals surface area contributed by atoms with E-state index in [2.05, 4.69) is 10.6 Å². The van der Waals surface area contributed by atoms with Crippen molar-refractivity contribution in [2.45, 2.75) is 6.92 Å². The molecule has 0 aromatic heterocycles. The van der Waals surface area contributed by atoms with E-state index in [-0.39, 0.29) is 0 Å². The highest BCUT2D eigenvalue weighted by Gasteiger charge is 1.87. The van der Waals surface area contributed by atoms with Crippen LogP contribution in [0.3, 0.4) is 0 Å². The number of nitrogens with two attached hydrogens (primary N) is 1. The Morgan fingerprint density at radius 1 is 1.55 bits per heavy atom. The highest BCUT2D eigenvalue weighted by molar-refractivity contribution is 5.71. The van der Waals surface area contributed by atoms with Crippen LogP contribution in [0.1, 0.15) is 6.92 Å². The van der Waals surface area contributed by atoms with Gasteiger partial charge < -0.3 is 16.4 Å². The van der Waals surface area contributed by atoms with Crippen LogP contribution in [-0.2, 0) is 0 Å². The molecule has 0 aliphatic rings. The molecule has 0 aliphatic carbocycles. The van der Waals surface area contributed by atoms with Crippen molar-refractivity contribution >= 4 is 6.03 Å². The summed E-state index contributed by atoms with van der Waals surface area (Å²) in [6, 6.07) is -0.474. The zero-order valence-electron chi connectivity index (χ0n) is 6.76. The third-order valence-corrected chi connectivity index (χ3v) is 1.10. The molecule has 2 amide bonds. The minimum absolute atomic E-state index is 0.474. The van der Waals surface area contributed by atoms with Gasteiger partial charge in [-0.15, -0.1) is 0 Å². The van der Waals surface area contributed by atoms with Crippen molar-refractivity contribution in [1.29, 1.82) is 0 Å². The van der Waals surface area contributed by atoms with Crippen molar-refractivity contribution < 1.29 is 4.79 Å². The number of rotatable bonds is 5. The molecule has 0 fully saturated rings. The molecule has 0 aliphatic heterocycles. The molecule has 0 radical (unpaired) electrons. The number of primary amides is 1. The van der Waals surface area contributed by atoms with Crippen molar-refractivity contribution in [3.63, 3.8) is 0 Å². The first kappa shape index (κ1) is 9.97. The van der Waals surface area contributed by atoms with Gasteiger partial charge in [0.15, 0.2) is 0 Å². The van der Waals surface area contributed by atoms with Crippen LogP contribution in [0.25, 0.3) is 0 Å². The van der Waals surface area contributed by atoms with Crippen LogP contribution >= 0.6 is 0 Å². The Morgan fingerprint density at radius 3 is 2.82 bits per heavy atom. The van der Waals surface area contributed by atoms with E-state index in [1.54, 1.807) is 0 Å². The van der Waals surface area contributed by atoms with Crippen LogP contribution in [0, 0.1) is 0 Å². The van der Waals surface area contributed by atoms with Gasteiger partial charge in [0.2, 0.25) is 0 Å². The molecule has 0 aromatic carbocycles. The number of hydrogen-bond acceptors (Lipinski definition) is 2. The summed E-state index contributed by atoms with van der Waals surface area (Å²) in [5, 5.41) is 5.56. The summed E-state index contributed by atoms with van der Waals surface area (Å²) < 4.78 is 0. The number of hydrogen-bond donors (Lipinski definition) is 3. The maximum atomic E-state index is 10.2. The number of allylic oxidation sites excluding steroid dienone is 1. The summed E-state index contributed by atoms with van der Waals surface area (Å²) in [5.41, 5.74) is 4.84. The average molecular weight is 157 g/mol. The van der Waals surface area contributed by atoms with E-state index in [0.717, 1.165) is 13.1 Å². The van der Waals surface area contributed by atoms with Gasteiger partial charge in [0, 0.05) is 19.6 Å². The van der Waals surface area contributed by atoms with E-state index in [9.17, 15) is 4.79 Å². The summed E-state index contributed by atoms with van der Waals surface area (Å²) in [5.74, 6) is 0. The normalized spacial score (nSPS) is 10.3. The maximum Gasteiger partial charge on any atom is 0.312 e. The van der Waals surface area contributed by atoms with Crippen molar-refractivity contribution in [2.24, 2.45) is 5.73 Å². The van der Waals surface area contributed by atoms with Crippen LogP contribution in [0.15, 0.2) is 12.2 Å². The van der Waals surface area contributed by atoms with Gasteiger partial charge in [-0.1, -0.05) is 12.2 Å². The lowest BCUT2D eigenvalue weighted by molar-refractivity contribution is 0.249. The summed E-state index contributed by atoms with van der Waals surface area (Å²) in [6.07, 6.45) is 3.97. The number of carbonyl (C=O) groups is 1. The van der Waals surface area contributed by atoms with Crippen LogP contribution < -0.4 is 16.4 Å². The Balaban J connectivity index is 2.96. The quantitative estimate of drug-likeness (QED) is 0.383. The molecule has 0 saturated heterocycles. The molecule has 0 heterocycles. The molecular formula is C7H15N3O. The second-order valence-corrected chi connectivity index (χ2v) is 2.06. The zero-order chi connectivity index (χ0) is 8.53. The van der Waals surface area contributed by atoms with Gasteiger partial charge in [-0.3, -0.25) is 0 Å². The summed E-state index contributed by atoms with van der Waals surface area (Å²) >= 11 is 0. The monoisotopic (exact) mass is 157 g/mol. The second kappa shape index (κ2) is 7.08. The molecule has 0 saturated carbocycles. The van der Waals surface area contributed by atoms with E-state index < -0.39 is 6.03 Å². The molecule has 4 nitrogen and oxygen atoms in total. The lowest BCUT2D eigenvalue weighted by Gasteiger charge is -2.01. The van der Waals surface area contributed by atoms with Crippen LogP contribution in [0.2, 0.25) is 0 Å². The van der Waals surface area contributed by atoms with Crippen LogP contribution in [-0.4, -0.2) is 25.7 Å². The Bertz CT molecular complexity index is 134. The van der Waals surface area contributed by atoms with Gasteiger partial charge in [-0.25, -0.2) is 4.79 Å². The fourth-order valence-corrected chi connectivity index (χ4v) is 0.577. The molecule has 4 heteroatoms. The zero-order valence-corrected chi connectivity index (χ0v) is 6.76. The molecule has 0 bridgehead atoms. The van der Waals surface area contributed by atoms with Gasteiger partial charge in [0.05, 0.1) is 0 Å². The average Bonchev–Trinajstić information content (AvgIpc) is 1.96. The lowest BCUT2D eigenvalue weighted by Crippen LogP contribution is -2.35. The van der Waals surface area contributed by atoms with Crippen LogP contribution in [0.5, 0.6) is 0 Å². The van der Waals surface area contributed by atoms with Gasteiger partial charge in [0.25, 0.3) is 0 Å². The number of amides is 2. The molecule has 64 valence electrons. The number of carbonyl (C=O) groups excluding carboxylic acids is 1. The minimum atomic E-state index is -0.474. The van der Waals surface area contributed by atoms with Gasteiger partial charge in [0.1, 0.15) is 0 Å². The number of nitrogens with one attached hydrogen (secondary N) is 2. The molecule has 0 unspecified atom stereocenters. The molecule has 0 atom stereocenters. The van der Waals surface area contributed by atoms with Gasteiger partial charge >= 0.3 is 6.03 Å². The Labute approximate surface area is 66.8 Å². The highest BCUT2D eigenvalue weighted by Crippen LogP contribution is 1.66. The Hall–Kier alpha value is -1.03. The molecular weight excluding hydrogens is 142 g/mol. The van der Waals surface area contributed by atoms with E-state index in [4.69, 9.17) is 5.73 Å². The summed E-state index contributed by atoms with van der Waals surface area (Å²) in [4.78, 5) is 10.2. The topological polar surface area (TPSA) is 67.2 Å². The van der Waals surface area contributed by atoms with E-state index in [0.29, 0.717) is 6.54 Å². The SMILES string of the molecule is C/C=C/CNCCNC(N)=O. The molecule has 4 N–H and O–H groups in total. The first-order chi connectivity index (χ1) is 5.27. The second-order valence-electron chi connectivity index (χ2n) is 2.06. The van der Waals surface area contributed by atoms with Crippen LogP contribution in [0.4, 0.5) is 4.79 Å². The predicted octanol–water partition coefficient (Wildman–Crippen LogP) is -0.180. The van der Waals surface area contributed by atoms with E-state index in [1.165, 1.54) is 0 Å². The molecule has 0 aromatic rings. The fraction of sp³-hybridized carbons (Fsp3) is 0.571. The Morgan fingerprint density at radius 2 is 2.27 bits per heavy atom. The molecule has 0 rings (SSSR count). The summed E-state index contributed by atoms with van der Waals surface area (Å²) in [7, 11) is 0. The smallest absolute Gasteiger partial charge is 0.312 e. The minimum Gasteiger partial charge on any atom is -0.352 e. The van der Waals surface area contributed by atoms with Gasteiger partial charge in [-0.05, 0) is 6.92 Å². The summed E-state index contributed by atoms with van der Waals surface area (Å²) in [6.45, 7) is 4.11. The third kappa shape index (κ3) is 8.97. The standard InChI is InChI=1S/C7H15N3O/c1-2-3-4-9-5-6-10-7(8)11/h2-3,9H,4-6H2,1H3,(H3,8,10,11)/b3-2+. The fourth-order valence-electron chi connectivity index (χ4n) is 0.577.